The highest BCUT2D eigenvalue weighted by Gasteiger charge is 2.20. The lowest BCUT2D eigenvalue weighted by molar-refractivity contribution is 0.0694. The molecule has 1 atom stereocenters. The molecule has 7 heteroatoms. The van der Waals surface area contributed by atoms with Crippen LogP contribution in [0.3, 0.4) is 0 Å². The van der Waals surface area contributed by atoms with Gasteiger partial charge >= 0.3 is 0 Å². The first-order valence-corrected chi connectivity index (χ1v) is 7.07. The molecule has 0 radical (unpaired) electrons. The molecule has 0 saturated carbocycles. The van der Waals surface area contributed by atoms with Crippen LogP contribution in [-0.2, 0) is 17.6 Å². The molecule has 1 unspecified atom stereocenters. The highest BCUT2D eigenvalue weighted by Crippen LogP contribution is 2.23. The fourth-order valence-corrected chi connectivity index (χ4v) is 2.36. The number of hydrogen-bond acceptors (Lipinski definition) is 6. The van der Waals surface area contributed by atoms with Gasteiger partial charge in [-0.05, 0) is 18.4 Å². The summed E-state index contributed by atoms with van der Waals surface area (Å²) in [4.78, 5) is 1.76. The number of aromatic nitrogens is 2. The van der Waals surface area contributed by atoms with Crippen molar-refractivity contribution in [3.05, 3.63) is 16.8 Å². The number of aliphatic hydroxyl groups excluding tert-OH is 1. The Hall–Kier alpha value is -1.73. The number of anilines is 1. The lowest BCUT2D eigenvalue weighted by Crippen LogP contribution is -2.34. The summed E-state index contributed by atoms with van der Waals surface area (Å²) in [6.07, 6.45) is 0.833. The van der Waals surface area contributed by atoms with E-state index in [1.54, 1.807) is 11.9 Å². The van der Waals surface area contributed by atoms with E-state index in [9.17, 15) is 5.11 Å². The molecule has 118 valence electrons. The summed E-state index contributed by atoms with van der Waals surface area (Å²) >= 11 is 0. The van der Waals surface area contributed by atoms with Gasteiger partial charge in [-0.1, -0.05) is 13.8 Å². The van der Waals surface area contributed by atoms with Crippen molar-refractivity contribution in [2.24, 2.45) is 5.73 Å². The number of rotatable bonds is 8. The van der Waals surface area contributed by atoms with Crippen LogP contribution in [0.5, 0.6) is 0 Å². The number of nitrogens with two attached hydrogens (primary N) is 1. The number of aliphatic hydroxyl groups is 1. The van der Waals surface area contributed by atoms with Crippen LogP contribution < -0.4 is 10.6 Å². The molecule has 1 heterocycles. The Labute approximate surface area is 125 Å². The molecule has 21 heavy (non-hydrogen) atoms. The van der Waals surface area contributed by atoms with Crippen molar-refractivity contribution in [2.45, 2.75) is 32.8 Å². The molecule has 1 rings (SSSR count). The number of hydrogen-bond donors (Lipinski definition) is 3. The van der Waals surface area contributed by atoms with Gasteiger partial charge in [-0.2, -0.15) is 5.10 Å². The number of likely N-dealkylation sites (N-methyl/N-ethyl adjacent to an activating group) is 1. The van der Waals surface area contributed by atoms with E-state index in [1.807, 2.05) is 13.8 Å². The van der Waals surface area contributed by atoms with Gasteiger partial charge in [0.05, 0.1) is 24.0 Å². The summed E-state index contributed by atoms with van der Waals surface area (Å²) in [7, 11) is 3.33. The minimum absolute atomic E-state index is 0.0282. The third kappa shape index (κ3) is 4.12. The van der Waals surface area contributed by atoms with E-state index in [0.29, 0.717) is 17.9 Å². The quantitative estimate of drug-likeness (QED) is 0.471. The van der Waals surface area contributed by atoms with E-state index in [1.165, 1.54) is 7.11 Å². The zero-order chi connectivity index (χ0) is 16.0. The standard InChI is InChI=1S/C14H25N5O2/c1-5-10-11(6-2)17-18-14(12(10)13(15)16)19(3)7-9(20)8-21-4/h9,20H,5-8H2,1-4H3,(H3,15,16). The molecule has 0 aromatic carbocycles. The molecule has 7 nitrogen and oxygen atoms in total. The molecule has 0 spiro atoms. The number of nitrogens with one attached hydrogen (secondary N) is 1. The van der Waals surface area contributed by atoms with Crippen molar-refractivity contribution < 1.29 is 9.84 Å². The number of nitrogen functional groups attached to an aromatic ring is 1. The van der Waals surface area contributed by atoms with Crippen molar-refractivity contribution in [3.63, 3.8) is 0 Å². The van der Waals surface area contributed by atoms with Gasteiger partial charge in [-0.3, -0.25) is 5.41 Å². The van der Waals surface area contributed by atoms with E-state index in [0.717, 1.165) is 24.1 Å². The Morgan fingerprint density at radius 2 is 2.05 bits per heavy atom. The number of methoxy groups -OCH3 is 1. The molecule has 0 fully saturated rings. The van der Waals surface area contributed by atoms with Crippen molar-refractivity contribution in [1.82, 2.24) is 10.2 Å². The maximum atomic E-state index is 9.84. The van der Waals surface area contributed by atoms with Gasteiger partial charge in [0.15, 0.2) is 5.82 Å². The summed E-state index contributed by atoms with van der Waals surface area (Å²) in [5, 5.41) is 26.1. The minimum atomic E-state index is -0.641. The van der Waals surface area contributed by atoms with Gasteiger partial charge in [0, 0.05) is 20.7 Å². The Morgan fingerprint density at radius 1 is 1.38 bits per heavy atom. The molecule has 1 aromatic rings. The number of nitrogens with zero attached hydrogens (tertiary/aromatic N) is 3. The first-order valence-electron chi connectivity index (χ1n) is 7.07. The zero-order valence-corrected chi connectivity index (χ0v) is 13.2. The second-order valence-electron chi connectivity index (χ2n) is 4.93. The van der Waals surface area contributed by atoms with E-state index in [4.69, 9.17) is 15.9 Å². The summed E-state index contributed by atoms with van der Waals surface area (Å²) in [6, 6.07) is 0. The maximum Gasteiger partial charge on any atom is 0.162 e. The maximum absolute atomic E-state index is 9.84. The monoisotopic (exact) mass is 295 g/mol. The SMILES string of the molecule is CCc1nnc(N(C)CC(O)COC)c(C(=N)N)c1CC. The fourth-order valence-electron chi connectivity index (χ4n) is 2.36. The summed E-state index contributed by atoms with van der Waals surface area (Å²) in [5.74, 6) is 0.492. The first kappa shape index (κ1) is 17.3. The largest absolute Gasteiger partial charge is 0.389 e. The Kier molecular flexibility index (Phi) is 6.51. The molecule has 0 aliphatic heterocycles. The average molecular weight is 295 g/mol. The third-order valence-corrected chi connectivity index (χ3v) is 3.30. The first-order chi connectivity index (χ1) is 9.96. The highest BCUT2D eigenvalue weighted by molar-refractivity contribution is 6.01. The molecule has 0 saturated heterocycles. The molecular weight excluding hydrogens is 270 g/mol. The van der Waals surface area contributed by atoms with Crippen LogP contribution in [0.4, 0.5) is 5.82 Å². The van der Waals surface area contributed by atoms with E-state index < -0.39 is 6.10 Å². The normalized spacial score (nSPS) is 12.2. The van der Waals surface area contributed by atoms with Crippen LogP contribution in [-0.4, -0.2) is 54.6 Å². The Bertz CT molecular complexity index is 492. The second kappa shape index (κ2) is 7.90. The smallest absolute Gasteiger partial charge is 0.162 e. The topological polar surface area (TPSA) is 108 Å². The Morgan fingerprint density at radius 3 is 2.52 bits per heavy atom. The number of ether oxygens (including phenoxy) is 1. The van der Waals surface area contributed by atoms with Gasteiger partial charge < -0.3 is 20.5 Å². The van der Waals surface area contributed by atoms with Gasteiger partial charge in [0.1, 0.15) is 5.84 Å². The van der Waals surface area contributed by atoms with Crippen LogP contribution in [0.1, 0.15) is 30.7 Å². The van der Waals surface area contributed by atoms with Crippen LogP contribution >= 0.6 is 0 Å². The van der Waals surface area contributed by atoms with Crippen LogP contribution in [0, 0.1) is 5.41 Å². The number of aryl methyl sites for hydroxylation is 1. The van der Waals surface area contributed by atoms with Gasteiger partial charge in [-0.25, -0.2) is 0 Å². The lowest BCUT2D eigenvalue weighted by atomic mass is 10.0. The number of amidine groups is 1. The van der Waals surface area contributed by atoms with Crippen molar-refractivity contribution in [1.29, 1.82) is 5.41 Å². The lowest BCUT2D eigenvalue weighted by Gasteiger charge is -2.24. The average Bonchev–Trinajstić information content (AvgIpc) is 2.45. The molecule has 0 amide bonds. The van der Waals surface area contributed by atoms with Gasteiger partial charge in [0.2, 0.25) is 0 Å². The van der Waals surface area contributed by atoms with E-state index in [2.05, 4.69) is 10.2 Å². The Balaban J connectivity index is 3.20. The van der Waals surface area contributed by atoms with Crippen molar-refractivity contribution in [2.75, 3.05) is 32.2 Å². The van der Waals surface area contributed by atoms with Gasteiger partial charge in [-0.15, -0.1) is 5.10 Å². The molecule has 1 aromatic heterocycles. The minimum Gasteiger partial charge on any atom is -0.389 e. The van der Waals surface area contributed by atoms with E-state index in [-0.39, 0.29) is 12.4 Å². The zero-order valence-electron chi connectivity index (χ0n) is 13.2. The molecule has 0 aliphatic carbocycles. The summed E-state index contributed by atoms with van der Waals surface area (Å²) in [5.41, 5.74) is 8.16. The predicted octanol–water partition coefficient (Wildman–Crippen LogP) is 0.329. The predicted molar refractivity (Wildman–Crippen MR) is 83.0 cm³/mol. The molecular formula is C14H25N5O2. The van der Waals surface area contributed by atoms with Crippen LogP contribution in [0.15, 0.2) is 0 Å². The summed E-state index contributed by atoms with van der Waals surface area (Å²) < 4.78 is 4.92. The van der Waals surface area contributed by atoms with Crippen molar-refractivity contribution >= 4 is 11.7 Å². The third-order valence-electron chi connectivity index (χ3n) is 3.30. The second-order valence-corrected chi connectivity index (χ2v) is 4.93. The van der Waals surface area contributed by atoms with Crippen LogP contribution in [0.2, 0.25) is 0 Å². The molecule has 4 N–H and O–H groups in total. The molecule has 0 bridgehead atoms. The summed E-state index contributed by atoms with van der Waals surface area (Å²) in [6.45, 7) is 4.57. The van der Waals surface area contributed by atoms with Crippen molar-refractivity contribution in [3.8, 4) is 0 Å². The van der Waals surface area contributed by atoms with Crippen LogP contribution in [0.25, 0.3) is 0 Å². The van der Waals surface area contributed by atoms with Gasteiger partial charge in [0.25, 0.3) is 0 Å². The van der Waals surface area contributed by atoms with E-state index >= 15 is 0 Å². The highest BCUT2D eigenvalue weighted by atomic mass is 16.5. The fraction of sp³-hybridized carbons (Fsp3) is 0.643. The molecule has 0 aliphatic rings.